The second-order valence-corrected chi connectivity index (χ2v) is 9.32. The van der Waals surface area contributed by atoms with E-state index >= 15 is 0 Å². The van der Waals surface area contributed by atoms with Gasteiger partial charge in [0.25, 0.3) is 5.91 Å². The number of aromatic hydroxyl groups is 1. The lowest BCUT2D eigenvalue weighted by molar-refractivity contribution is -0.124. The summed E-state index contributed by atoms with van der Waals surface area (Å²) in [4.78, 5) is 25.3. The fourth-order valence-electron chi connectivity index (χ4n) is 4.75. The van der Waals surface area contributed by atoms with Crippen molar-refractivity contribution in [3.8, 4) is 22.8 Å². The van der Waals surface area contributed by atoms with E-state index in [1.807, 2.05) is 47.4 Å². The van der Waals surface area contributed by atoms with Crippen LogP contribution in [0.15, 0.2) is 61.1 Å². The first-order valence-electron chi connectivity index (χ1n) is 11.6. The van der Waals surface area contributed by atoms with E-state index in [-0.39, 0.29) is 12.4 Å². The summed E-state index contributed by atoms with van der Waals surface area (Å²) < 4.78 is 8.81. The lowest BCUT2D eigenvalue weighted by Gasteiger charge is -2.27. The highest BCUT2D eigenvalue weighted by Gasteiger charge is 2.48. The molecular formula is C26H25N5O4. The minimum atomic E-state index is -1.37. The Bertz CT molecular complexity index is 1450. The van der Waals surface area contributed by atoms with Crippen molar-refractivity contribution in [1.82, 2.24) is 25.0 Å². The van der Waals surface area contributed by atoms with E-state index in [0.717, 1.165) is 29.0 Å². The first-order valence-corrected chi connectivity index (χ1v) is 11.6. The van der Waals surface area contributed by atoms with E-state index in [2.05, 4.69) is 15.7 Å². The lowest BCUT2D eigenvalue weighted by Crippen LogP contribution is -2.47. The zero-order valence-corrected chi connectivity index (χ0v) is 19.2. The number of rotatable bonds is 7. The molecule has 35 heavy (non-hydrogen) atoms. The predicted octanol–water partition coefficient (Wildman–Crippen LogP) is 3.36. The van der Waals surface area contributed by atoms with Crippen LogP contribution in [-0.2, 0) is 23.4 Å². The predicted molar refractivity (Wildman–Crippen MR) is 129 cm³/mol. The van der Waals surface area contributed by atoms with Crippen molar-refractivity contribution in [1.29, 1.82) is 0 Å². The van der Waals surface area contributed by atoms with Gasteiger partial charge in [0.1, 0.15) is 5.75 Å². The van der Waals surface area contributed by atoms with Crippen molar-refractivity contribution < 1.29 is 19.4 Å². The molecule has 6 rings (SSSR count). The van der Waals surface area contributed by atoms with Gasteiger partial charge in [-0.2, -0.15) is 5.10 Å². The van der Waals surface area contributed by atoms with Crippen LogP contribution in [0.3, 0.4) is 0 Å². The van der Waals surface area contributed by atoms with Crippen LogP contribution in [0, 0.1) is 5.92 Å². The average molecular weight is 472 g/mol. The molecule has 3 N–H and O–H groups in total. The second kappa shape index (κ2) is 7.90. The highest BCUT2D eigenvalue weighted by Crippen LogP contribution is 2.36. The number of urea groups is 1. The first-order chi connectivity index (χ1) is 16.9. The number of ether oxygens (including phenoxy) is 1. The minimum absolute atomic E-state index is 0.00748. The SMILES string of the molecule is COc1ccc2cn(C[C@@]3(c4ccc(-c5cnn(CC6CC6)c5)cc4)NC(=O)NC3=O)c(O)c2c1. The Morgan fingerprint density at radius 1 is 1.11 bits per heavy atom. The van der Waals surface area contributed by atoms with Gasteiger partial charge in [-0.1, -0.05) is 24.3 Å². The molecule has 3 amide bonds. The Balaban J connectivity index is 1.34. The molecule has 0 radical (unpaired) electrons. The van der Waals surface area contributed by atoms with Gasteiger partial charge in [0, 0.05) is 35.3 Å². The molecule has 9 nitrogen and oxygen atoms in total. The molecule has 178 valence electrons. The van der Waals surface area contributed by atoms with Crippen LogP contribution in [0.25, 0.3) is 21.9 Å². The number of carbonyl (C=O) groups excluding carboxylic acids is 2. The number of benzene rings is 2. The van der Waals surface area contributed by atoms with Crippen molar-refractivity contribution in [2.45, 2.75) is 31.5 Å². The van der Waals surface area contributed by atoms with E-state index in [0.29, 0.717) is 16.7 Å². The first kappa shape index (κ1) is 21.3. The number of imide groups is 1. The van der Waals surface area contributed by atoms with Gasteiger partial charge in [0.15, 0.2) is 11.4 Å². The monoisotopic (exact) mass is 471 g/mol. The molecule has 1 saturated heterocycles. The summed E-state index contributed by atoms with van der Waals surface area (Å²) >= 11 is 0. The number of amides is 3. The highest BCUT2D eigenvalue weighted by molar-refractivity contribution is 6.07. The number of hydrogen-bond acceptors (Lipinski definition) is 5. The molecule has 2 aromatic heterocycles. The summed E-state index contributed by atoms with van der Waals surface area (Å²) in [5.41, 5.74) is 1.21. The van der Waals surface area contributed by atoms with E-state index in [1.165, 1.54) is 12.8 Å². The van der Waals surface area contributed by atoms with Crippen LogP contribution >= 0.6 is 0 Å². The van der Waals surface area contributed by atoms with E-state index < -0.39 is 17.5 Å². The second-order valence-electron chi connectivity index (χ2n) is 9.32. The molecule has 2 aromatic carbocycles. The van der Waals surface area contributed by atoms with Gasteiger partial charge >= 0.3 is 6.03 Å². The quantitative estimate of drug-likeness (QED) is 0.358. The summed E-state index contributed by atoms with van der Waals surface area (Å²) in [7, 11) is 1.56. The van der Waals surface area contributed by atoms with Crippen molar-refractivity contribution in [2.75, 3.05) is 7.11 Å². The standard InChI is InChI=1S/C26H25N5O4/c1-35-21-9-6-18-13-30(23(32)22(18)10-21)15-26(24(33)28-25(34)29-26)20-7-4-17(5-8-20)19-11-27-31(14-19)12-16-2-3-16/h4-11,13-14,16,32H,2-3,12,15H2,1H3,(H2,28,29,33,34)/t26-/m0/s1. The summed E-state index contributed by atoms with van der Waals surface area (Å²) in [6.45, 7) is 0.958. The summed E-state index contributed by atoms with van der Waals surface area (Å²) in [6.07, 6.45) is 8.16. The molecular weight excluding hydrogens is 446 g/mol. The van der Waals surface area contributed by atoms with Crippen molar-refractivity contribution >= 4 is 22.7 Å². The van der Waals surface area contributed by atoms with E-state index in [1.54, 1.807) is 30.0 Å². The number of methoxy groups -OCH3 is 1. The molecule has 1 atom stereocenters. The van der Waals surface area contributed by atoms with Crippen molar-refractivity contribution in [3.05, 3.63) is 66.6 Å². The molecule has 0 bridgehead atoms. The van der Waals surface area contributed by atoms with Crippen molar-refractivity contribution in [2.24, 2.45) is 5.92 Å². The summed E-state index contributed by atoms with van der Waals surface area (Å²) in [5, 5.41) is 21.9. The maximum absolute atomic E-state index is 13.1. The van der Waals surface area contributed by atoms with Gasteiger partial charge in [0.2, 0.25) is 0 Å². The summed E-state index contributed by atoms with van der Waals surface area (Å²) in [5.74, 6) is 0.870. The van der Waals surface area contributed by atoms with Gasteiger partial charge in [-0.25, -0.2) is 4.79 Å². The lowest BCUT2D eigenvalue weighted by atomic mass is 9.88. The molecule has 4 aromatic rings. The van der Waals surface area contributed by atoms with Gasteiger partial charge in [0.05, 0.1) is 19.9 Å². The van der Waals surface area contributed by atoms with Gasteiger partial charge in [-0.05, 0) is 48.1 Å². The summed E-state index contributed by atoms with van der Waals surface area (Å²) in [6, 6.07) is 12.3. The number of nitrogens with zero attached hydrogens (tertiary/aromatic N) is 3. The number of aromatic nitrogens is 3. The maximum atomic E-state index is 13.1. The van der Waals surface area contributed by atoms with Crippen molar-refractivity contribution in [3.63, 3.8) is 0 Å². The fraction of sp³-hybridized carbons (Fsp3) is 0.269. The largest absolute Gasteiger partial charge is 0.497 e. The van der Waals surface area contributed by atoms with Crippen LogP contribution in [0.1, 0.15) is 18.4 Å². The Morgan fingerprint density at radius 2 is 1.91 bits per heavy atom. The number of hydrogen-bond donors (Lipinski definition) is 3. The third-order valence-electron chi connectivity index (χ3n) is 6.90. The third-order valence-corrected chi connectivity index (χ3v) is 6.90. The normalized spacial score (nSPS) is 19.7. The fourth-order valence-corrected chi connectivity index (χ4v) is 4.75. The zero-order valence-electron chi connectivity index (χ0n) is 19.2. The molecule has 1 saturated carbocycles. The van der Waals surface area contributed by atoms with Crippen LogP contribution in [0.5, 0.6) is 11.6 Å². The molecule has 9 heteroatoms. The molecule has 1 aliphatic heterocycles. The Kier molecular flexibility index (Phi) is 4.80. The molecule has 2 aliphatic rings. The molecule has 0 spiro atoms. The molecule has 1 aliphatic carbocycles. The topological polar surface area (TPSA) is 110 Å². The minimum Gasteiger partial charge on any atom is -0.497 e. The molecule has 0 unspecified atom stereocenters. The Hall–Kier alpha value is -4.27. The average Bonchev–Trinajstić information content (AvgIpc) is 3.34. The smallest absolute Gasteiger partial charge is 0.322 e. The van der Waals surface area contributed by atoms with Crippen LogP contribution < -0.4 is 15.4 Å². The van der Waals surface area contributed by atoms with Gasteiger partial charge in [-0.15, -0.1) is 0 Å². The number of fused-ring (bicyclic) bond motifs is 1. The Morgan fingerprint density at radius 3 is 2.60 bits per heavy atom. The zero-order chi connectivity index (χ0) is 24.2. The van der Waals surface area contributed by atoms with Crippen LogP contribution in [0.4, 0.5) is 4.79 Å². The Labute approximate surface area is 201 Å². The number of nitrogens with one attached hydrogen (secondary N) is 2. The van der Waals surface area contributed by atoms with Gasteiger partial charge < -0.3 is 19.7 Å². The third kappa shape index (κ3) is 3.69. The van der Waals surface area contributed by atoms with E-state index in [4.69, 9.17) is 4.74 Å². The maximum Gasteiger partial charge on any atom is 0.322 e. The number of carbonyl (C=O) groups is 2. The van der Waals surface area contributed by atoms with Crippen LogP contribution in [0.2, 0.25) is 0 Å². The molecule has 2 fully saturated rings. The molecule has 3 heterocycles. The van der Waals surface area contributed by atoms with Gasteiger partial charge in [-0.3, -0.25) is 14.8 Å². The van der Waals surface area contributed by atoms with E-state index in [9.17, 15) is 14.7 Å². The highest BCUT2D eigenvalue weighted by atomic mass is 16.5. The van der Waals surface area contributed by atoms with Crippen LogP contribution in [-0.4, -0.2) is 38.5 Å².